The monoisotopic (exact) mass is 236 g/mol. The van der Waals surface area contributed by atoms with Crippen LogP contribution in [0.15, 0.2) is 18.2 Å². The Kier molecular flexibility index (Phi) is 3.61. The topological polar surface area (TPSA) is 75.8 Å². The number of benzene rings is 1. The van der Waals surface area contributed by atoms with Gasteiger partial charge in [0.1, 0.15) is 0 Å². The minimum atomic E-state index is -0.923. The summed E-state index contributed by atoms with van der Waals surface area (Å²) in [7, 11) is 0. The van der Waals surface area contributed by atoms with E-state index in [9.17, 15) is 4.79 Å². The van der Waals surface area contributed by atoms with Crippen molar-refractivity contribution in [2.45, 2.75) is 6.54 Å². The molecule has 92 valence electrons. The van der Waals surface area contributed by atoms with Crippen molar-refractivity contribution in [3.05, 3.63) is 29.3 Å². The number of rotatable bonds is 3. The van der Waals surface area contributed by atoms with E-state index in [0.29, 0.717) is 19.8 Å². The lowest BCUT2D eigenvalue weighted by atomic mass is 10.1. The number of hydrogen-bond acceptors (Lipinski definition) is 4. The number of ether oxygens (including phenoxy) is 1. The zero-order chi connectivity index (χ0) is 12.3. The van der Waals surface area contributed by atoms with Crippen molar-refractivity contribution in [3.63, 3.8) is 0 Å². The molecule has 5 nitrogen and oxygen atoms in total. The summed E-state index contributed by atoms with van der Waals surface area (Å²) in [6.45, 7) is 3.38. The van der Waals surface area contributed by atoms with Crippen LogP contribution < -0.4 is 10.6 Å². The van der Waals surface area contributed by atoms with E-state index in [1.54, 1.807) is 12.1 Å². The number of carboxylic acids is 1. The van der Waals surface area contributed by atoms with Gasteiger partial charge in [0.05, 0.1) is 18.8 Å². The molecule has 1 aromatic rings. The summed E-state index contributed by atoms with van der Waals surface area (Å²) < 4.78 is 5.29. The van der Waals surface area contributed by atoms with Crippen molar-refractivity contribution >= 4 is 11.7 Å². The SMILES string of the molecule is NCc1cc(C(=O)O)ccc1N1CCOCC1. The highest BCUT2D eigenvalue weighted by molar-refractivity contribution is 5.88. The van der Waals surface area contributed by atoms with Gasteiger partial charge in [-0.2, -0.15) is 0 Å². The van der Waals surface area contributed by atoms with Crippen molar-refractivity contribution < 1.29 is 14.6 Å². The van der Waals surface area contributed by atoms with Gasteiger partial charge < -0.3 is 20.5 Å². The summed E-state index contributed by atoms with van der Waals surface area (Å²) in [6.07, 6.45) is 0. The Morgan fingerprint density at radius 3 is 2.71 bits per heavy atom. The van der Waals surface area contributed by atoms with Crippen molar-refractivity contribution in [1.82, 2.24) is 0 Å². The molecule has 0 saturated carbocycles. The molecule has 0 bridgehead atoms. The Labute approximate surface area is 99.8 Å². The van der Waals surface area contributed by atoms with Crippen LogP contribution in [0.4, 0.5) is 5.69 Å². The molecule has 0 aromatic heterocycles. The Hall–Kier alpha value is -1.59. The lowest BCUT2D eigenvalue weighted by Gasteiger charge is -2.30. The minimum absolute atomic E-state index is 0.280. The van der Waals surface area contributed by atoms with Gasteiger partial charge in [0, 0.05) is 25.3 Å². The predicted molar refractivity (Wildman–Crippen MR) is 64.3 cm³/mol. The summed E-state index contributed by atoms with van der Waals surface area (Å²) in [5, 5.41) is 8.93. The van der Waals surface area contributed by atoms with Gasteiger partial charge in [-0.05, 0) is 23.8 Å². The lowest BCUT2D eigenvalue weighted by Crippen LogP contribution is -2.37. The van der Waals surface area contributed by atoms with Crippen LogP contribution in [-0.4, -0.2) is 37.4 Å². The number of nitrogens with zero attached hydrogens (tertiary/aromatic N) is 1. The Morgan fingerprint density at radius 2 is 2.12 bits per heavy atom. The fraction of sp³-hybridized carbons (Fsp3) is 0.417. The van der Waals surface area contributed by atoms with Crippen LogP contribution in [0.5, 0.6) is 0 Å². The molecule has 17 heavy (non-hydrogen) atoms. The average Bonchev–Trinajstić information content (AvgIpc) is 2.39. The number of anilines is 1. The maximum atomic E-state index is 10.9. The fourth-order valence-corrected chi connectivity index (χ4v) is 1.99. The van der Waals surface area contributed by atoms with Crippen LogP contribution in [0.25, 0.3) is 0 Å². The largest absolute Gasteiger partial charge is 0.478 e. The van der Waals surface area contributed by atoms with Crippen molar-refractivity contribution in [3.8, 4) is 0 Å². The first-order valence-electron chi connectivity index (χ1n) is 5.61. The number of nitrogens with two attached hydrogens (primary N) is 1. The molecule has 1 aliphatic rings. The van der Waals surface area contributed by atoms with Crippen LogP contribution in [0, 0.1) is 0 Å². The van der Waals surface area contributed by atoms with Gasteiger partial charge in [-0.25, -0.2) is 4.79 Å². The minimum Gasteiger partial charge on any atom is -0.478 e. The third-order valence-corrected chi connectivity index (χ3v) is 2.90. The van der Waals surface area contributed by atoms with Gasteiger partial charge in [0.25, 0.3) is 0 Å². The second-order valence-corrected chi connectivity index (χ2v) is 3.95. The number of carboxylic acid groups (broad SMARTS) is 1. The highest BCUT2D eigenvalue weighted by Gasteiger charge is 2.15. The van der Waals surface area contributed by atoms with Gasteiger partial charge in [-0.15, -0.1) is 0 Å². The third-order valence-electron chi connectivity index (χ3n) is 2.90. The summed E-state index contributed by atoms with van der Waals surface area (Å²) >= 11 is 0. The number of hydrogen-bond donors (Lipinski definition) is 2. The lowest BCUT2D eigenvalue weighted by molar-refractivity contribution is 0.0696. The molecule has 1 aromatic carbocycles. The predicted octanol–water partition coefficient (Wildman–Crippen LogP) is 0.680. The second-order valence-electron chi connectivity index (χ2n) is 3.95. The average molecular weight is 236 g/mol. The standard InChI is InChI=1S/C12H16N2O3/c13-8-10-7-9(12(15)16)1-2-11(10)14-3-5-17-6-4-14/h1-2,7H,3-6,8,13H2,(H,15,16). The van der Waals surface area contributed by atoms with E-state index in [2.05, 4.69) is 4.90 Å². The zero-order valence-electron chi connectivity index (χ0n) is 9.56. The Balaban J connectivity index is 2.29. The molecular formula is C12H16N2O3. The molecule has 3 N–H and O–H groups in total. The molecule has 1 fully saturated rings. The van der Waals surface area contributed by atoms with Crippen LogP contribution >= 0.6 is 0 Å². The number of aromatic carboxylic acids is 1. The van der Waals surface area contributed by atoms with Gasteiger partial charge in [0.15, 0.2) is 0 Å². The third kappa shape index (κ3) is 2.57. The molecule has 0 unspecified atom stereocenters. The van der Waals surface area contributed by atoms with E-state index >= 15 is 0 Å². The highest BCUT2D eigenvalue weighted by Crippen LogP contribution is 2.22. The maximum absolute atomic E-state index is 10.9. The van der Waals surface area contributed by atoms with Crippen molar-refractivity contribution in [2.75, 3.05) is 31.2 Å². The number of carbonyl (C=O) groups is 1. The van der Waals surface area contributed by atoms with Gasteiger partial charge >= 0.3 is 5.97 Å². The smallest absolute Gasteiger partial charge is 0.335 e. The Morgan fingerprint density at radius 1 is 1.41 bits per heavy atom. The molecular weight excluding hydrogens is 220 g/mol. The van der Waals surface area contributed by atoms with Crippen LogP contribution in [0.2, 0.25) is 0 Å². The van der Waals surface area contributed by atoms with E-state index < -0.39 is 5.97 Å². The molecule has 0 spiro atoms. The van der Waals surface area contributed by atoms with Gasteiger partial charge in [0.2, 0.25) is 0 Å². The Bertz CT molecular complexity index is 414. The molecule has 0 amide bonds. The molecule has 1 heterocycles. The summed E-state index contributed by atoms with van der Waals surface area (Å²) in [5.41, 5.74) is 7.84. The first-order valence-corrected chi connectivity index (χ1v) is 5.61. The molecule has 1 saturated heterocycles. The first-order chi connectivity index (χ1) is 8.22. The summed E-state index contributed by atoms with van der Waals surface area (Å²) in [6, 6.07) is 5.09. The summed E-state index contributed by atoms with van der Waals surface area (Å²) in [5.74, 6) is -0.923. The van der Waals surface area contributed by atoms with E-state index in [1.165, 1.54) is 0 Å². The van der Waals surface area contributed by atoms with Crippen LogP contribution in [0.3, 0.4) is 0 Å². The van der Waals surface area contributed by atoms with Crippen LogP contribution in [-0.2, 0) is 11.3 Å². The van der Waals surface area contributed by atoms with Crippen LogP contribution in [0.1, 0.15) is 15.9 Å². The highest BCUT2D eigenvalue weighted by atomic mass is 16.5. The molecule has 1 aliphatic heterocycles. The zero-order valence-corrected chi connectivity index (χ0v) is 9.56. The maximum Gasteiger partial charge on any atom is 0.335 e. The molecule has 2 rings (SSSR count). The fourth-order valence-electron chi connectivity index (χ4n) is 1.99. The van der Waals surface area contributed by atoms with Gasteiger partial charge in [-0.3, -0.25) is 0 Å². The van der Waals surface area contributed by atoms with Crippen molar-refractivity contribution in [1.29, 1.82) is 0 Å². The van der Waals surface area contributed by atoms with E-state index in [1.807, 2.05) is 6.07 Å². The molecule has 0 radical (unpaired) electrons. The quantitative estimate of drug-likeness (QED) is 0.807. The first kappa shape index (κ1) is 11.9. The van der Waals surface area contributed by atoms with E-state index in [4.69, 9.17) is 15.6 Å². The van der Waals surface area contributed by atoms with Gasteiger partial charge in [-0.1, -0.05) is 0 Å². The molecule has 0 atom stereocenters. The van der Waals surface area contributed by atoms with E-state index in [-0.39, 0.29) is 5.56 Å². The molecule has 0 aliphatic carbocycles. The van der Waals surface area contributed by atoms with Crippen molar-refractivity contribution in [2.24, 2.45) is 5.73 Å². The summed E-state index contributed by atoms with van der Waals surface area (Å²) in [4.78, 5) is 13.1. The van der Waals surface area contributed by atoms with E-state index in [0.717, 1.165) is 24.3 Å². The second kappa shape index (κ2) is 5.16. The normalized spacial score (nSPS) is 15.9. The molecule has 5 heteroatoms. The number of morpholine rings is 1.